The molecule has 2 aromatic carbocycles. The molecule has 3 aliphatic rings. The van der Waals surface area contributed by atoms with Crippen molar-refractivity contribution in [3.8, 4) is 0 Å². The lowest BCUT2D eigenvalue weighted by Crippen LogP contribution is -2.60. The van der Waals surface area contributed by atoms with Crippen molar-refractivity contribution in [2.45, 2.75) is 64.7 Å². The third-order valence-corrected chi connectivity index (χ3v) is 8.99. The van der Waals surface area contributed by atoms with Crippen LogP contribution in [-0.2, 0) is 15.0 Å². The van der Waals surface area contributed by atoms with E-state index in [2.05, 4.69) is 26.5 Å². The number of aromatic nitrogens is 2. The number of rotatable bonds is 3. The highest BCUT2D eigenvalue weighted by atomic mass is 16.2. The van der Waals surface area contributed by atoms with E-state index in [1.54, 1.807) is 22.5 Å². The molecule has 1 saturated heterocycles. The first-order valence-corrected chi connectivity index (χ1v) is 12.9. The average molecular weight is 497 g/mol. The van der Waals surface area contributed by atoms with Crippen LogP contribution in [0.25, 0.3) is 10.9 Å². The number of hydrogen-bond donors (Lipinski definition) is 0. The van der Waals surface area contributed by atoms with Crippen LogP contribution in [0.5, 0.6) is 0 Å². The van der Waals surface area contributed by atoms with Gasteiger partial charge in [0.1, 0.15) is 18.0 Å². The Morgan fingerprint density at radius 1 is 1.14 bits per heavy atom. The number of amides is 2. The van der Waals surface area contributed by atoms with Crippen LogP contribution >= 0.6 is 0 Å². The highest BCUT2D eigenvalue weighted by Crippen LogP contribution is 2.65. The van der Waals surface area contributed by atoms with Gasteiger partial charge in [-0.1, -0.05) is 64.1 Å². The van der Waals surface area contributed by atoms with Crippen molar-refractivity contribution >= 4 is 28.4 Å². The summed E-state index contributed by atoms with van der Waals surface area (Å²) in [6.07, 6.45) is 1.91. The molecule has 0 spiro atoms. The van der Waals surface area contributed by atoms with E-state index in [0.29, 0.717) is 23.1 Å². The van der Waals surface area contributed by atoms with Crippen LogP contribution in [0.4, 0.5) is 5.69 Å². The molecule has 0 aliphatic carbocycles. The van der Waals surface area contributed by atoms with E-state index in [-0.39, 0.29) is 23.3 Å². The van der Waals surface area contributed by atoms with Gasteiger partial charge in [0.15, 0.2) is 0 Å². The predicted octanol–water partition coefficient (Wildman–Crippen LogP) is 4.72. The SMILES string of the molecule is C=CC(C)(C)[C@@]12C[C@H]3c4nc5ccccc5c(=O)n4[C@H](C(C)C)C(=O)N3[C@@H]1N(C(C)=O)c1ccccc12. The number of fused-ring (bicyclic) bond motifs is 8. The van der Waals surface area contributed by atoms with Gasteiger partial charge in [-0.15, -0.1) is 6.58 Å². The van der Waals surface area contributed by atoms with Gasteiger partial charge < -0.3 is 4.90 Å². The lowest BCUT2D eigenvalue weighted by molar-refractivity contribution is -0.143. The molecular weight excluding hydrogens is 464 g/mol. The molecule has 0 radical (unpaired) electrons. The van der Waals surface area contributed by atoms with Crippen molar-refractivity contribution in [3.63, 3.8) is 0 Å². The molecule has 0 N–H and O–H groups in total. The molecule has 3 aromatic rings. The lowest BCUT2D eigenvalue weighted by atomic mass is 9.60. The van der Waals surface area contributed by atoms with Crippen LogP contribution in [0.3, 0.4) is 0 Å². The van der Waals surface area contributed by atoms with Gasteiger partial charge in [-0.3, -0.25) is 23.9 Å². The molecule has 1 fully saturated rings. The Balaban J connectivity index is 1.71. The van der Waals surface area contributed by atoms with Crippen LogP contribution in [0.15, 0.2) is 66.0 Å². The summed E-state index contributed by atoms with van der Waals surface area (Å²) in [7, 11) is 0. The minimum Gasteiger partial charge on any atom is -0.309 e. The van der Waals surface area contributed by atoms with E-state index in [1.165, 1.54) is 0 Å². The van der Waals surface area contributed by atoms with Crippen LogP contribution in [0.1, 0.15) is 64.5 Å². The minimum atomic E-state index is -0.712. The van der Waals surface area contributed by atoms with E-state index in [0.717, 1.165) is 11.3 Å². The van der Waals surface area contributed by atoms with Crippen molar-refractivity contribution in [1.29, 1.82) is 0 Å². The second-order valence-electron chi connectivity index (χ2n) is 11.5. The molecule has 6 rings (SSSR count). The molecule has 1 aromatic heterocycles. The zero-order valence-corrected chi connectivity index (χ0v) is 21.9. The number of anilines is 1. The summed E-state index contributed by atoms with van der Waals surface area (Å²) in [4.78, 5) is 50.3. The molecule has 7 heteroatoms. The van der Waals surface area contributed by atoms with E-state index >= 15 is 0 Å². The van der Waals surface area contributed by atoms with Gasteiger partial charge in [0.25, 0.3) is 5.56 Å². The summed E-state index contributed by atoms with van der Waals surface area (Å²) in [6.45, 7) is 13.9. The zero-order chi connectivity index (χ0) is 26.4. The van der Waals surface area contributed by atoms with Gasteiger partial charge >= 0.3 is 0 Å². The maximum atomic E-state index is 14.5. The van der Waals surface area contributed by atoms with Gasteiger partial charge in [-0.25, -0.2) is 4.98 Å². The largest absolute Gasteiger partial charge is 0.309 e. The van der Waals surface area contributed by atoms with E-state index in [1.807, 2.05) is 61.2 Å². The first-order chi connectivity index (χ1) is 17.6. The van der Waals surface area contributed by atoms with Gasteiger partial charge in [0, 0.05) is 18.0 Å². The van der Waals surface area contributed by atoms with E-state index in [4.69, 9.17) is 4.98 Å². The molecule has 3 aliphatic heterocycles. The van der Waals surface area contributed by atoms with Crippen molar-refractivity contribution in [2.24, 2.45) is 11.3 Å². The summed E-state index contributed by atoms with van der Waals surface area (Å²) in [5, 5.41) is 0.508. The number of carbonyl (C=O) groups excluding carboxylic acids is 2. The van der Waals surface area contributed by atoms with Crippen molar-refractivity contribution in [2.75, 3.05) is 4.90 Å². The molecule has 7 nitrogen and oxygen atoms in total. The molecule has 0 unspecified atom stereocenters. The summed E-state index contributed by atoms with van der Waals surface area (Å²) in [5.41, 5.74) is 1.18. The fraction of sp³-hybridized carbons (Fsp3) is 0.400. The Kier molecular flexibility index (Phi) is 4.88. The normalized spacial score (nSPS) is 26.2. The second kappa shape index (κ2) is 7.63. The average Bonchev–Trinajstić information content (AvgIpc) is 3.37. The Hall–Kier alpha value is -3.74. The first-order valence-electron chi connectivity index (χ1n) is 12.9. The summed E-state index contributed by atoms with van der Waals surface area (Å²) < 4.78 is 1.64. The molecule has 4 atom stereocenters. The summed E-state index contributed by atoms with van der Waals surface area (Å²) >= 11 is 0. The molecule has 0 bridgehead atoms. The second-order valence-corrected chi connectivity index (χ2v) is 11.5. The number of benzene rings is 2. The van der Waals surface area contributed by atoms with Crippen LogP contribution in [-0.4, -0.2) is 32.4 Å². The highest BCUT2D eigenvalue weighted by Gasteiger charge is 2.69. The predicted molar refractivity (Wildman–Crippen MR) is 143 cm³/mol. The molecule has 190 valence electrons. The number of para-hydroxylation sites is 2. The number of carbonyl (C=O) groups is 2. The summed E-state index contributed by atoms with van der Waals surface area (Å²) in [6, 6.07) is 14.1. The van der Waals surface area contributed by atoms with Crippen molar-refractivity contribution < 1.29 is 9.59 Å². The fourth-order valence-electron chi connectivity index (χ4n) is 7.17. The van der Waals surface area contributed by atoms with Gasteiger partial charge in [0.05, 0.1) is 16.9 Å². The molecule has 4 heterocycles. The summed E-state index contributed by atoms with van der Waals surface area (Å²) in [5.74, 6) is 0.182. The zero-order valence-electron chi connectivity index (χ0n) is 21.9. The molecule has 0 saturated carbocycles. The first kappa shape index (κ1) is 23.6. The van der Waals surface area contributed by atoms with Crippen LogP contribution < -0.4 is 10.5 Å². The fourth-order valence-corrected chi connectivity index (χ4v) is 7.17. The molecule has 2 amide bonds. The Morgan fingerprint density at radius 2 is 1.81 bits per heavy atom. The monoisotopic (exact) mass is 496 g/mol. The Labute approximate surface area is 216 Å². The minimum absolute atomic E-state index is 0.122. The Bertz CT molecular complexity index is 1550. The molecular formula is C30H32N4O3. The maximum absolute atomic E-state index is 14.5. The van der Waals surface area contributed by atoms with Gasteiger partial charge in [-0.05, 0) is 41.5 Å². The number of allylic oxidation sites excluding steroid dienone is 1. The molecule has 37 heavy (non-hydrogen) atoms. The van der Waals surface area contributed by atoms with E-state index < -0.39 is 29.1 Å². The third kappa shape index (κ3) is 2.77. The standard InChI is InChI=1S/C30H32N4O3/c1-7-29(5,6)30-16-23-25-31-21-14-10-8-12-19(21)26(36)34(25)24(17(2)3)27(37)33(23)28(30)32(18(4)35)22-15-11-9-13-20(22)30/h7-15,17,23-24,28H,1,16H2,2-6H3/t23-,24+,28-,30+/m0/s1. The quantitative estimate of drug-likeness (QED) is 0.492. The third-order valence-electron chi connectivity index (χ3n) is 8.99. The Morgan fingerprint density at radius 3 is 2.49 bits per heavy atom. The number of hydrogen-bond acceptors (Lipinski definition) is 4. The van der Waals surface area contributed by atoms with E-state index in [9.17, 15) is 14.4 Å². The van der Waals surface area contributed by atoms with Crippen molar-refractivity contribution in [1.82, 2.24) is 14.5 Å². The number of nitrogens with zero attached hydrogens (tertiary/aromatic N) is 4. The van der Waals surface area contributed by atoms with Crippen molar-refractivity contribution in [3.05, 3.63) is 82.9 Å². The topological polar surface area (TPSA) is 75.5 Å². The van der Waals surface area contributed by atoms with Crippen LogP contribution in [0, 0.1) is 11.3 Å². The maximum Gasteiger partial charge on any atom is 0.262 e. The van der Waals surface area contributed by atoms with Crippen LogP contribution in [0.2, 0.25) is 0 Å². The smallest absolute Gasteiger partial charge is 0.262 e. The van der Waals surface area contributed by atoms with Gasteiger partial charge in [-0.2, -0.15) is 0 Å². The van der Waals surface area contributed by atoms with Gasteiger partial charge in [0.2, 0.25) is 11.8 Å². The lowest BCUT2D eigenvalue weighted by Gasteiger charge is -2.46. The highest BCUT2D eigenvalue weighted by molar-refractivity contribution is 5.98.